The largest absolute Gasteiger partial charge is 0.528 e. The van der Waals surface area contributed by atoms with Gasteiger partial charge in [0.15, 0.2) is 0 Å². The van der Waals surface area contributed by atoms with Crippen LogP contribution in [-0.4, -0.2) is 61.9 Å². The molecule has 0 unspecified atom stereocenters. The van der Waals surface area contributed by atoms with Gasteiger partial charge >= 0.3 is 36.4 Å². The molecule has 2 aliphatic heterocycles. The van der Waals surface area contributed by atoms with E-state index in [4.69, 9.17) is 54.4 Å². The van der Waals surface area contributed by atoms with Crippen LogP contribution in [0.2, 0.25) is 0 Å². The summed E-state index contributed by atoms with van der Waals surface area (Å²) in [6.45, 7) is 21.1. The molecule has 5 aromatic carbocycles. The van der Waals surface area contributed by atoms with Crippen LogP contribution in [0.3, 0.4) is 0 Å². The molecule has 2 aliphatic rings. The first-order valence-electron chi connectivity index (χ1n) is 24.6. The van der Waals surface area contributed by atoms with E-state index in [2.05, 4.69) is 130 Å². The summed E-state index contributed by atoms with van der Waals surface area (Å²) < 4.78 is 30.3. The molecule has 476 valence electrons. The molecular formula is C68H58N4O17S4. The minimum absolute atomic E-state index is 0. The van der Waals surface area contributed by atoms with E-state index in [-0.39, 0.29) is 89.7 Å². The zero-order valence-corrected chi connectivity index (χ0v) is 51.1. The van der Waals surface area contributed by atoms with Crippen LogP contribution in [0.5, 0.6) is 40.2 Å². The van der Waals surface area contributed by atoms with Gasteiger partial charge in [0.1, 0.15) is 46.4 Å². The van der Waals surface area contributed by atoms with Crippen molar-refractivity contribution in [1.82, 2.24) is 0 Å². The number of phenolic OH excluding ortho intramolecular Hbond substituents is 2. The number of carbonyl (C=O) groups excluding carboxylic acids is 3. The summed E-state index contributed by atoms with van der Waals surface area (Å²) in [6.07, 6.45) is 2.88. The molecule has 0 saturated heterocycles. The van der Waals surface area contributed by atoms with Gasteiger partial charge in [0.05, 0.1) is 70.0 Å². The van der Waals surface area contributed by atoms with Crippen molar-refractivity contribution < 1.29 is 99.8 Å². The molecule has 0 fully saturated rings. The fourth-order valence-electron chi connectivity index (χ4n) is 5.68. The molecule has 0 aliphatic carbocycles. The van der Waals surface area contributed by atoms with Crippen molar-refractivity contribution in [3.8, 4) is 171 Å². The maximum atomic E-state index is 13.0. The quantitative estimate of drug-likeness (QED) is 0.0183. The van der Waals surface area contributed by atoms with E-state index in [1.54, 1.807) is 33.8 Å². The molecule has 5 aromatic rings. The number of rotatable bonds is 8. The number of allylic oxidation sites excluding steroid dienone is 2. The number of carboxylic acids is 1. The number of hydrogen-bond acceptors (Lipinski definition) is 20. The Labute approximate surface area is 566 Å². The van der Waals surface area contributed by atoms with Gasteiger partial charge in [-0.1, -0.05) is 70.7 Å². The average Bonchev–Trinajstić information content (AvgIpc) is 1.66. The fraction of sp³-hybridized carbons (Fsp3) is 0.0588. The van der Waals surface area contributed by atoms with Gasteiger partial charge in [-0.2, -0.15) is 0 Å². The maximum absolute atomic E-state index is 13.0. The Morgan fingerprint density at radius 1 is 0.452 bits per heavy atom. The second kappa shape index (κ2) is 40.7. The number of esters is 2. The average molecular weight is 1330 g/mol. The van der Waals surface area contributed by atoms with E-state index < -0.39 is 36.4 Å². The topological polar surface area (TPSA) is 315 Å². The summed E-state index contributed by atoms with van der Waals surface area (Å²) in [5, 5.41) is 62.7. The van der Waals surface area contributed by atoms with Crippen LogP contribution in [0.15, 0.2) is 137 Å². The van der Waals surface area contributed by atoms with Gasteiger partial charge in [-0.05, 0) is 190 Å². The smallest absolute Gasteiger partial charge is 0.507 e. The predicted molar refractivity (Wildman–Crippen MR) is 366 cm³/mol. The SMILES string of the molecule is CC#CC#CC#CC.CC#CC#CC#CC.O=C(O)Oc1ccc(C(=O)O)cc1.[C-]#[N+]/C(C#N)=C1\Sc2c(OC(=O)c3ccc(OC(=O)O)cc3)ccc(OC(=O)c3ccc(OC(=O)OC#CC#CC#CC#C)cc3)c2S1.[C-]#[N+]C(C#N)=C1Sc2c(O)ccc(O)c2S1.[HH].[HH].[HH].[HH].[HH].[HH].[HH].[HH].[HH].[HH].[HH].[HH]. The number of phenols is 2. The van der Waals surface area contributed by atoms with E-state index in [0.717, 1.165) is 47.0 Å². The van der Waals surface area contributed by atoms with Crippen LogP contribution in [0.4, 0.5) is 14.4 Å². The molecule has 0 radical (unpaired) electrons. The lowest BCUT2D eigenvalue weighted by Crippen LogP contribution is -2.11. The molecule has 0 saturated carbocycles. The molecular weight excluding hydrogens is 1270 g/mol. The first kappa shape index (κ1) is 73.6. The fourth-order valence-corrected chi connectivity index (χ4v) is 10.5. The minimum Gasteiger partial charge on any atom is -0.507 e. The zero-order chi connectivity index (χ0) is 68.5. The number of terminal acetylenes is 1. The van der Waals surface area contributed by atoms with Gasteiger partial charge in [-0.25, -0.2) is 49.0 Å². The Morgan fingerprint density at radius 3 is 1.12 bits per heavy atom. The lowest BCUT2D eigenvalue weighted by atomic mass is 10.2. The van der Waals surface area contributed by atoms with Crippen molar-refractivity contribution in [2.24, 2.45) is 0 Å². The highest BCUT2D eigenvalue weighted by molar-refractivity contribution is 8.25. The number of carbonyl (C=O) groups is 6. The van der Waals surface area contributed by atoms with Gasteiger partial charge in [0.25, 0.3) is 11.4 Å². The van der Waals surface area contributed by atoms with Gasteiger partial charge in [0, 0.05) is 34.9 Å². The highest BCUT2D eigenvalue weighted by Crippen LogP contribution is 2.60. The normalized spacial score (nSPS) is 9.95. The third-order valence-corrected chi connectivity index (χ3v) is 14.6. The third kappa shape index (κ3) is 25.7. The van der Waals surface area contributed by atoms with E-state index in [1.165, 1.54) is 97.1 Å². The number of nitriles is 2. The van der Waals surface area contributed by atoms with Crippen molar-refractivity contribution >= 4 is 83.4 Å². The summed E-state index contributed by atoms with van der Waals surface area (Å²) in [5.74, 6) is 42.2. The van der Waals surface area contributed by atoms with Crippen molar-refractivity contribution in [3.63, 3.8) is 0 Å². The van der Waals surface area contributed by atoms with E-state index in [1.807, 2.05) is 12.2 Å². The molecule has 2 heterocycles. The summed E-state index contributed by atoms with van der Waals surface area (Å²) in [7, 11) is 0. The van der Waals surface area contributed by atoms with E-state index in [0.29, 0.717) is 23.8 Å². The van der Waals surface area contributed by atoms with Gasteiger partial charge in [0.2, 0.25) is 0 Å². The van der Waals surface area contributed by atoms with Crippen molar-refractivity contribution in [2.45, 2.75) is 47.3 Å². The van der Waals surface area contributed by atoms with Gasteiger partial charge in [-0.15, -0.1) is 6.42 Å². The number of benzene rings is 5. The Bertz CT molecular complexity index is 4570. The number of fused-ring (bicyclic) bond motifs is 2. The van der Waals surface area contributed by atoms with Crippen LogP contribution in [-0.2, 0) is 4.74 Å². The Balaban J connectivity index is -0.000000163. The first-order valence-corrected chi connectivity index (χ1v) is 27.9. The van der Waals surface area contributed by atoms with Crippen LogP contribution >= 0.6 is 47.0 Å². The summed E-state index contributed by atoms with van der Waals surface area (Å²) >= 11 is 4.23. The lowest BCUT2D eigenvalue weighted by molar-refractivity contribution is 0.0693. The van der Waals surface area contributed by atoms with Crippen LogP contribution in [0.25, 0.3) is 9.69 Å². The zero-order valence-electron chi connectivity index (χ0n) is 47.9. The molecule has 5 N–H and O–H groups in total. The summed E-state index contributed by atoms with van der Waals surface area (Å²) in [4.78, 5) is 76.8. The number of nitrogens with zero attached hydrogens (tertiary/aromatic N) is 4. The highest BCUT2D eigenvalue weighted by atomic mass is 32.2. The Hall–Kier alpha value is -13.6. The van der Waals surface area contributed by atoms with Crippen LogP contribution in [0, 0.1) is 155 Å². The summed E-state index contributed by atoms with van der Waals surface area (Å²) in [5.41, 5.74) is -0.00817. The third-order valence-electron chi connectivity index (χ3n) is 9.39. The number of thioether (sulfide) groups is 4. The Morgan fingerprint density at radius 2 is 0.785 bits per heavy atom. The van der Waals surface area contributed by atoms with Crippen molar-refractivity contribution in [3.05, 3.63) is 156 Å². The molecule has 21 nitrogen and oxygen atoms in total. The van der Waals surface area contributed by atoms with E-state index in [9.17, 15) is 44.2 Å². The number of hydrogen-bond donors (Lipinski definition) is 5. The molecule has 0 atom stereocenters. The molecule has 0 amide bonds. The Kier molecular flexibility index (Phi) is 32.2. The molecule has 25 heteroatoms. The highest BCUT2D eigenvalue weighted by Gasteiger charge is 2.31. The van der Waals surface area contributed by atoms with Crippen molar-refractivity contribution in [1.29, 1.82) is 10.5 Å². The van der Waals surface area contributed by atoms with Crippen molar-refractivity contribution in [2.75, 3.05) is 0 Å². The summed E-state index contributed by atoms with van der Waals surface area (Å²) in [6, 6.07) is 24.6. The number of aromatic carboxylic acids is 1. The number of aromatic hydroxyl groups is 2. The number of carboxylic acid groups (broad SMARTS) is 3. The lowest BCUT2D eigenvalue weighted by Gasteiger charge is -2.12. The maximum Gasteiger partial charge on any atom is 0.528 e. The predicted octanol–water partition coefficient (Wildman–Crippen LogP) is 15.5. The molecule has 0 bridgehead atoms. The molecule has 93 heavy (non-hydrogen) atoms. The monoisotopic (exact) mass is 1330 g/mol. The van der Waals surface area contributed by atoms with Crippen LogP contribution in [0.1, 0.15) is 75.9 Å². The second-order valence-corrected chi connectivity index (χ2v) is 19.9. The minimum atomic E-state index is -1.52. The number of ether oxygens (including phenoxy) is 6. The van der Waals surface area contributed by atoms with Gasteiger partial charge in [-0.3, -0.25) is 0 Å². The molecule has 0 spiro atoms. The van der Waals surface area contributed by atoms with E-state index >= 15 is 0 Å². The first-order chi connectivity index (χ1) is 44.8. The standard InChI is InChI=1S/C34H12N2O10S2.C10H4N2O2S2.C8H6O5.2C8H6.12H2/c1-3-4-5-6-7-8-19-42-34(41)44-24-15-11-22(12-16-24)31(38)46-27-18-17-26(28-29(27)48-32(47-28)25(20-35)36-2)45-30(37)21-9-13-23(14-10-21)43-33(39)40;1-12-5(4-11)10-15-8-6(13)2-3-7(14)9(8)16-10;9-7(10)5-1-3-6(4-2-5)13-8(11)12;2*1-3-5-7-8-6-4-2;;;;;;;;;;;;/h1,9-18H,(H,39,40);2-3,13-14H;1-4H,(H,9,10)(H,11,12);2*1-2H3;12*1H/b32-25+;;;;;;;;;;;;;;;;. The second-order valence-electron chi connectivity index (χ2n) is 15.3. The molecule has 0 aromatic heterocycles. The van der Waals surface area contributed by atoms with Crippen LogP contribution < -0.4 is 23.7 Å². The molecule has 7 rings (SSSR count). The van der Waals surface area contributed by atoms with Gasteiger partial charge < -0.3 is 54.0 Å².